The van der Waals surface area contributed by atoms with Gasteiger partial charge in [0.15, 0.2) is 0 Å². The standard InChI is InChI=1S/C18H30N2/c1-5-15(2)20(4)14-18(3,13-19-17-11-12-17)16-9-7-6-8-10-16/h6-10,15,17,19H,5,11-14H2,1-4H3. The maximum absolute atomic E-state index is 3.73. The van der Waals surface area contributed by atoms with E-state index >= 15 is 0 Å². The van der Waals surface area contributed by atoms with E-state index in [1.807, 2.05) is 0 Å². The molecular weight excluding hydrogens is 244 g/mol. The first kappa shape index (κ1) is 15.5. The van der Waals surface area contributed by atoms with E-state index in [0.29, 0.717) is 6.04 Å². The second kappa shape index (κ2) is 6.73. The average Bonchev–Trinajstić information content (AvgIpc) is 3.29. The number of likely N-dealkylation sites (N-methyl/N-ethyl adjacent to an activating group) is 1. The van der Waals surface area contributed by atoms with Crippen LogP contribution in [0.15, 0.2) is 30.3 Å². The van der Waals surface area contributed by atoms with Gasteiger partial charge in [0.2, 0.25) is 0 Å². The van der Waals surface area contributed by atoms with Crippen molar-refractivity contribution in [3.05, 3.63) is 35.9 Å². The summed E-state index contributed by atoms with van der Waals surface area (Å²) in [5.41, 5.74) is 1.63. The predicted molar refractivity (Wildman–Crippen MR) is 87.2 cm³/mol. The summed E-state index contributed by atoms with van der Waals surface area (Å²) in [7, 11) is 2.26. The van der Waals surface area contributed by atoms with Crippen molar-refractivity contribution in [3.8, 4) is 0 Å². The first-order valence-corrected chi connectivity index (χ1v) is 8.04. The van der Waals surface area contributed by atoms with Crippen molar-refractivity contribution in [1.82, 2.24) is 10.2 Å². The summed E-state index contributed by atoms with van der Waals surface area (Å²) < 4.78 is 0. The molecule has 0 aliphatic heterocycles. The Balaban J connectivity index is 2.09. The molecule has 0 spiro atoms. The van der Waals surface area contributed by atoms with E-state index in [9.17, 15) is 0 Å². The van der Waals surface area contributed by atoms with Gasteiger partial charge in [-0.15, -0.1) is 0 Å². The zero-order valence-electron chi connectivity index (χ0n) is 13.5. The smallest absolute Gasteiger partial charge is 0.0177 e. The molecule has 0 amide bonds. The second-order valence-corrected chi connectivity index (χ2v) is 6.75. The monoisotopic (exact) mass is 274 g/mol. The van der Waals surface area contributed by atoms with E-state index in [1.165, 1.54) is 24.8 Å². The van der Waals surface area contributed by atoms with Crippen LogP contribution in [0.1, 0.15) is 45.6 Å². The van der Waals surface area contributed by atoms with Crippen LogP contribution in [0.4, 0.5) is 0 Å². The van der Waals surface area contributed by atoms with Gasteiger partial charge in [0, 0.05) is 30.6 Å². The quantitative estimate of drug-likeness (QED) is 0.781. The third kappa shape index (κ3) is 4.07. The van der Waals surface area contributed by atoms with E-state index in [4.69, 9.17) is 0 Å². The maximum atomic E-state index is 3.73. The molecule has 20 heavy (non-hydrogen) atoms. The highest BCUT2D eigenvalue weighted by atomic mass is 15.1. The van der Waals surface area contributed by atoms with Crippen LogP contribution in [0.2, 0.25) is 0 Å². The van der Waals surface area contributed by atoms with Crippen LogP contribution in [-0.4, -0.2) is 37.1 Å². The molecule has 0 heterocycles. The van der Waals surface area contributed by atoms with Crippen LogP contribution < -0.4 is 5.32 Å². The molecule has 2 heteroatoms. The molecular formula is C18H30N2. The van der Waals surface area contributed by atoms with Gasteiger partial charge < -0.3 is 10.2 Å². The molecule has 1 N–H and O–H groups in total. The fourth-order valence-electron chi connectivity index (χ4n) is 2.76. The lowest BCUT2D eigenvalue weighted by molar-refractivity contribution is 0.195. The van der Waals surface area contributed by atoms with Gasteiger partial charge in [-0.25, -0.2) is 0 Å². The number of hydrogen-bond donors (Lipinski definition) is 1. The van der Waals surface area contributed by atoms with Crippen LogP contribution in [0.3, 0.4) is 0 Å². The van der Waals surface area contributed by atoms with E-state index < -0.39 is 0 Å². The van der Waals surface area contributed by atoms with Gasteiger partial charge >= 0.3 is 0 Å². The number of rotatable bonds is 8. The van der Waals surface area contributed by atoms with E-state index in [2.05, 4.69) is 68.4 Å². The van der Waals surface area contributed by atoms with Crippen LogP contribution in [0, 0.1) is 0 Å². The zero-order chi connectivity index (χ0) is 14.6. The Labute approximate surface area is 124 Å². The normalized spacial score (nSPS) is 19.9. The SMILES string of the molecule is CCC(C)N(C)CC(C)(CNC1CC1)c1ccccc1. The summed E-state index contributed by atoms with van der Waals surface area (Å²) in [6, 6.07) is 12.4. The molecule has 1 aliphatic carbocycles. The second-order valence-electron chi connectivity index (χ2n) is 6.75. The molecule has 0 saturated heterocycles. The molecule has 2 rings (SSSR count). The molecule has 1 fully saturated rings. The third-order valence-corrected chi connectivity index (χ3v) is 4.77. The Bertz CT molecular complexity index is 399. The first-order valence-electron chi connectivity index (χ1n) is 8.04. The highest BCUT2D eigenvalue weighted by Crippen LogP contribution is 2.27. The van der Waals surface area contributed by atoms with Crippen molar-refractivity contribution in [3.63, 3.8) is 0 Å². The number of hydrogen-bond acceptors (Lipinski definition) is 2. The van der Waals surface area contributed by atoms with Crippen molar-refractivity contribution in [2.75, 3.05) is 20.1 Å². The Hall–Kier alpha value is -0.860. The topological polar surface area (TPSA) is 15.3 Å². The van der Waals surface area contributed by atoms with Gasteiger partial charge in [-0.2, -0.15) is 0 Å². The van der Waals surface area contributed by atoms with Gasteiger partial charge in [0.05, 0.1) is 0 Å². The first-order chi connectivity index (χ1) is 9.55. The lowest BCUT2D eigenvalue weighted by Gasteiger charge is -2.37. The largest absolute Gasteiger partial charge is 0.313 e. The van der Waals surface area contributed by atoms with Crippen molar-refractivity contribution >= 4 is 0 Å². The highest BCUT2D eigenvalue weighted by molar-refractivity contribution is 5.26. The van der Waals surface area contributed by atoms with Gasteiger partial charge in [0.1, 0.15) is 0 Å². The van der Waals surface area contributed by atoms with Crippen LogP contribution in [0.25, 0.3) is 0 Å². The molecule has 112 valence electrons. The predicted octanol–water partition coefficient (Wildman–Crippen LogP) is 3.43. The molecule has 1 aromatic carbocycles. The summed E-state index contributed by atoms with van der Waals surface area (Å²) in [6.07, 6.45) is 3.91. The summed E-state index contributed by atoms with van der Waals surface area (Å²) in [5.74, 6) is 0. The molecule has 2 atom stereocenters. The zero-order valence-corrected chi connectivity index (χ0v) is 13.5. The molecule has 0 aromatic heterocycles. The Kier molecular flexibility index (Phi) is 5.22. The van der Waals surface area contributed by atoms with Crippen LogP contribution >= 0.6 is 0 Å². The van der Waals surface area contributed by atoms with E-state index in [1.54, 1.807) is 0 Å². The Morgan fingerprint density at radius 1 is 1.30 bits per heavy atom. The van der Waals surface area contributed by atoms with Crippen molar-refractivity contribution in [2.24, 2.45) is 0 Å². The lowest BCUT2D eigenvalue weighted by Crippen LogP contribution is -2.47. The maximum Gasteiger partial charge on any atom is 0.0177 e. The van der Waals surface area contributed by atoms with Gasteiger partial charge in [-0.3, -0.25) is 0 Å². The minimum atomic E-state index is 0.183. The van der Waals surface area contributed by atoms with Crippen molar-refractivity contribution in [2.45, 2.75) is 57.5 Å². The molecule has 2 nitrogen and oxygen atoms in total. The summed E-state index contributed by atoms with van der Waals surface area (Å²) in [5, 5.41) is 3.73. The summed E-state index contributed by atoms with van der Waals surface area (Å²) >= 11 is 0. The van der Waals surface area contributed by atoms with Crippen molar-refractivity contribution < 1.29 is 0 Å². The van der Waals surface area contributed by atoms with Crippen LogP contribution in [-0.2, 0) is 5.41 Å². The van der Waals surface area contributed by atoms with E-state index in [-0.39, 0.29) is 5.41 Å². The van der Waals surface area contributed by atoms with Crippen molar-refractivity contribution in [1.29, 1.82) is 0 Å². The lowest BCUT2D eigenvalue weighted by atomic mass is 9.81. The minimum absolute atomic E-state index is 0.183. The molecule has 1 aromatic rings. The Morgan fingerprint density at radius 3 is 2.50 bits per heavy atom. The minimum Gasteiger partial charge on any atom is -0.313 e. The summed E-state index contributed by atoms with van der Waals surface area (Å²) in [6.45, 7) is 9.16. The molecule has 0 radical (unpaired) electrons. The molecule has 1 aliphatic rings. The summed E-state index contributed by atoms with van der Waals surface area (Å²) in [4.78, 5) is 2.50. The molecule has 2 unspecified atom stereocenters. The Morgan fingerprint density at radius 2 is 1.95 bits per heavy atom. The molecule has 1 saturated carbocycles. The number of nitrogens with zero attached hydrogens (tertiary/aromatic N) is 1. The van der Waals surface area contributed by atoms with Gasteiger partial charge in [-0.05, 0) is 38.8 Å². The van der Waals surface area contributed by atoms with E-state index in [0.717, 1.165) is 19.1 Å². The molecule has 0 bridgehead atoms. The van der Waals surface area contributed by atoms with Gasteiger partial charge in [0.25, 0.3) is 0 Å². The number of benzene rings is 1. The fraction of sp³-hybridized carbons (Fsp3) is 0.667. The third-order valence-electron chi connectivity index (χ3n) is 4.77. The highest BCUT2D eigenvalue weighted by Gasteiger charge is 2.31. The fourth-order valence-corrected chi connectivity index (χ4v) is 2.76. The van der Waals surface area contributed by atoms with Crippen LogP contribution in [0.5, 0.6) is 0 Å². The van der Waals surface area contributed by atoms with Gasteiger partial charge in [-0.1, -0.05) is 44.2 Å². The number of nitrogens with one attached hydrogen (secondary N) is 1. The average molecular weight is 274 g/mol.